The number of rotatable bonds is 5. The van der Waals surface area contributed by atoms with E-state index < -0.39 is 0 Å². The van der Waals surface area contributed by atoms with Gasteiger partial charge >= 0.3 is 0 Å². The Labute approximate surface area is 117 Å². The Balaban J connectivity index is 1.98. The van der Waals surface area contributed by atoms with Crippen LogP contribution in [0.15, 0.2) is 24.3 Å². The van der Waals surface area contributed by atoms with E-state index in [1.807, 2.05) is 0 Å². The van der Waals surface area contributed by atoms with Crippen molar-refractivity contribution in [3.63, 3.8) is 0 Å². The van der Waals surface area contributed by atoms with Crippen molar-refractivity contribution in [3.05, 3.63) is 35.4 Å². The van der Waals surface area contributed by atoms with Gasteiger partial charge < -0.3 is 0 Å². The molecule has 0 aromatic heterocycles. The molecule has 0 radical (unpaired) electrons. The van der Waals surface area contributed by atoms with E-state index in [1.165, 1.54) is 36.8 Å². The van der Waals surface area contributed by atoms with Crippen molar-refractivity contribution < 1.29 is 0 Å². The molecule has 1 aliphatic carbocycles. The average molecular weight is 265 g/mol. The van der Waals surface area contributed by atoms with Crippen LogP contribution in [0.3, 0.4) is 0 Å². The molecule has 0 N–H and O–H groups in total. The van der Waals surface area contributed by atoms with Crippen LogP contribution in [-0.2, 0) is 6.42 Å². The Morgan fingerprint density at radius 1 is 1.11 bits per heavy atom. The van der Waals surface area contributed by atoms with Crippen molar-refractivity contribution in [3.8, 4) is 0 Å². The van der Waals surface area contributed by atoms with E-state index in [0.717, 1.165) is 18.2 Å². The van der Waals surface area contributed by atoms with Crippen LogP contribution in [0.2, 0.25) is 0 Å². The molecular weight excluding hydrogens is 240 g/mol. The third-order valence-electron chi connectivity index (χ3n) is 4.41. The minimum absolute atomic E-state index is 0.623. The summed E-state index contributed by atoms with van der Waals surface area (Å²) in [5, 5.41) is 0. The van der Waals surface area contributed by atoms with Crippen LogP contribution in [0, 0.1) is 11.8 Å². The van der Waals surface area contributed by atoms with Crippen molar-refractivity contribution >= 4 is 11.6 Å². The highest BCUT2D eigenvalue weighted by Crippen LogP contribution is 2.34. The first-order valence-corrected chi connectivity index (χ1v) is 7.89. The lowest BCUT2D eigenvalue weighted by atomic mass is 9.86. The van der Waals surface area contributed by atoms with E-state index in [2.05, 4.69) is 38.1 Å². The van der Waals surface area contributed by atoms with Crippen LogP contribution in [0.25, 0.3) is 0 Å². The SMILES string of the molecule is CC(C)c1ccc(CC(CCl)C2CCCC2)cc1. The summed E-state index contributed by atoms with van der Waals surface area (Å²) in [7, 11) is 0. The fourth-order valence-corrected chi connectivity index (χ4v) is 3.48. The Kier molecular flexibility index (Phi) is 5.12. The molecule has 1 aliphatic rings. The summed E-state index contributed by atoms with van der Waals surface area (Å²) in [6.07, 6.45) is 6.75. The molecule has 1 atom stereocenters. The molecule has 1 fully saturated rings. The summed E-state index contributed by atoms with van der Waals surface area (Å²) in [5.74, 6) is 2.99. The van der Waals surface area contributed by atoms with Gasteiger partial charge in [0.2, 0.25) is 0 Å². The summed E-state index contributed by atoms with van der Waals surface area (Å²) >= 11 is 6.18. The smallest absolute Gasteiger partial charge is 0.0257 e. The van der Waals surface area contributed by atoms with E-state index >= 15 is 0 Å². The van der Waals surface area contributed by atoms with Crippen LogP contribution in [0.1, 0.15) is 56.6 Å². The minimum Gasteiger partial charge on any atom is -0.126 e. The lowest BCUT2D eigenvalue weighted by Crippen LogP contribution is -2.16. The predicted molar refractivity (Wildman–Crippen MR) is 80.4 cm³/mol. The molecule has 1 heteroatoms. The van der Waals surface area contributed by atoms with E-state index in [-0.39, 0.29) is 0 Å². The third kappa shape index (κ3) is 3.51. The number of benzene rings is 1. The standard InChI is InChI=1S/C17H25Cl/c1-13(2)15-9-7-14(8-10-15)11-17(12-18)16-5-3-4-6-16/h7-10,13,16-17H,3-6,11-12H2,1-2H3. The summed E-state index contributed by atoms with van der Waals surface area (Å²) in [6, 6.07) is 9.15. The fraction of sp³-hybridized carbons (Fsp3) is 0.647. The van der Waals surface area contributed by atoms with Gasteiger partial charge in [-0.1, -0.05) is 63.8 Å². The van der Waals surface area contributed by atoms with Crippen molar-refractivity contribution in [2.24, 2.45) is 11.8 Å². The van der Waals surface area contributed by atoms with E-state index in [0.29, 0.717) is 11.8 Å². The Hall–Kier alpha value is -0.490. The quantitative estimate of drug-likeness (QED) is 0.625. The van der Waals surface area contributed by atoms with Crippen molar-refractivity contribution in [1.82, 2.24) is 0 Å². The molecule has 0 nitrogen and oxygen atoms in total. The topological polar surface area (TPSA) is 0 Å². The maximum absolute atomic E-state index is 6.18. The van der Waals surface area contributed by atoms with Crippen LogP contribution in [0.5, 0.6) is 0 Å². The van der Waals surface area contributed by atoms with Crippen LogP contribution < -0.4 is 0 Å². The molecule has 0 saturated heterocycles. The van der Waals surface area contributed by atoms with E-state index in [1.54, 1.807) is 0 Å². The zero-order chi connectivity index (χ0) is 13.0. The Morgan fingerprint density at radius 3 is 2.22 bits per heavy atom. The Bertz CT molecular complexity index is 346. The van der Waals surface area contributed by atoms with Gasteiger partial charge in [0.15, 0.2) is 0 Å². The molecule has 1 saturated carbocycles. The fourth-order valence-electron chi connectivity index (χ4n) is 3.12. The predicted octanol–water partition coefficient (Wildman–Crippen LogP) is 5.40. The lowest BCUT2D eigenvalue weighted by Gasteiger charge is -2.21. The molecule has 0 amide bonds. The molecule has 100 valence electrons. The van der Waals surface area contributed by atoms with Gasteiger partial charge in [0.1, 0.15) is 0 Å². The van der Waals surface area contributed by atoms with Crippen molar-refractivity contribution in [1.29, 1.82) is 0 Å². The van der Waals surface area contributed by atoms with Crippen LogP contribution >= 0.6 is 11.6 Å². The first-order valence-electron chi connectivity index (χ1n) is 7.35. The number of hydrogen-bond donors (Lipinski definition) is 0. The molecule has 2 rings (SSSR count). The highest BCUT2D eigenvalue weighted by molar-refractivity contribution is 6.18. The van der Waals surface area contributed by atoms with Gasteiger partial charge in [-0.2, -0.15) is 0 Å². The number of alkyl halides is 1. The summed E-state index contributed by atoms with van der Waals surface area (Å²) in [4.78, 5) is 0. The summed E-state index contributed by atoms with van der Waals surface area (Å²) < 4.78 is 0. The van der Waals surface area contributed by atoms with Crippen molar-refractivity contribution in [2.75, 3.05) is 5.88 Å². The second-order valence-corrected chi connectivity index (χ2v) is 6.37. The molecule has 18 heavy (non-hydrogen) atoms. The van der Waals surface area contributed by atoms with E-state index in [4.69, 9.17) is 11.6 Å². The highest BCUT2D eigenvalue weighted by atomic mass is 35.5. The van der Waals surface area contributed by atoms with Gasteiger partial charge in [0, 0.05) is 5.88 Å². The minimum atomic E-state index is 0.623. The molecule has 0 heterocycles. The molecule has 0 bridgehead atoms. The first-order chi connectivity index (χ1) is 8.70. The zero-order valence-electron chi connectivity index (χ0n) is 11.7. The van der Waals surface area contributed by atoms with E-state index in [9.17, 15) is 0 Å². The second-order valence-electron chi connectivity index (χ2n) is 6.06. The molecule has 0 spiro atoms. The normalized spacial score (nSPS) is 18.4. The number of halogens is 1. The third-order valence-corrected chi connectivity index (χ3v) is 4.81. The average Bonchev–Trinajstić information content (AvgIpc) is 2.90. The molecule has 1 aromatic rings. The lowest BCUT2D eigenvalue weighted by molar-refractivity contribution is 0.369. The molecule has 1 aromatic carbocycles. The van der Waals surface area contributed by atoms with Gasteiger partial charge in [0.25, 0.3) is 0 Å². The monoisotopic (exact) mass is 264 g/mol. The van der Waals surface area contributed by atoms with Crippen LogP contribution in [-0.4, -0.2) is 5.88 Å². The maximum atomic E-state index is 6.18. The van der Waals surface area contributed by atoms with Gasteiger partial charge in [-0.15, -0.1) is 11.6 Å². The van der Waals surface area contributed by atoms with Gasteiger partial charge in [-0.3, -0.25) is 0 Å². The highest BCUT2D eigenvalue weighted by Gasteiger charge is 2.24. The Morgan fingerprint density at radius 2 is 1.72 bits per heavy atom. The summed E-state index contributed by atoms with van der Waals surface area (Å²) in [6.45, 7) is 4.49. The van der Waals surface area contributed by atoms with Crippen LogP contribution in [0.4, 0.5) is 0 Å². The molecular formula is C17H25Cl. The number of hydrogen-bond acceptors (Lipinski definition) is 0. The first kappa shape index (κ1) is 13.9. The maximum Gasteiger partial charge on any atom is 0.0257 e. The second kappa shape index (κ2) is 6.61. The summed E-state index contributed by atoms with van der Waals surface area (Å²) in [5.41, 5.74) is 2.89. The van der Waals surface area contributed by atoms with Gasteiger partial charge in [-0.05, 0) is 35.3 Å². The molecule has 0 aliphatic heterocycles. The molecule has 1 unspecified atom stereocenters. The van der Waals surface area contributed by atoms with Gasteiger partial charge in [-0.25, -0.2) is 0 Å². The van der Waals surface area contributed by atoms with Crippen molar-refractivity contribution in [2.45, 2.75) is 51.9 Å². The largest absolute Gasteiger partial charge is 0.126 e. The van der Waals surface area contributed by atoms with Gasteiger partial charge in [0.05, 0.1) is 0 Å². The zero-order valence-corrected chi connectivity index (χ0v) is 12.4.